The van der Waals surface area contributed by atoms with Gasteiger partial charge < -0.3 is 20.7 Å². The van der Waals surface area contributed by atoms with E-state index in [2.05, 4.69) is 26.0 Å². The predicted molar refractivity (Wildman–Crippen MR) is 98.2 cm³/mol. The molecule has 1 aromatic heterocycles. The number of methoxy groups -OCH3 is 1. The van der Waals surface area contributed by atoms with Crippen molar-refractivity contribution in [2.45, 2.75) is 26.4 Å². The lowest BCUT2D eigenvalue weighted by Crippen LogP contribution is -2.32. The largest absolute Gasteiger partial charge is 0.375 e. The summed E-state index contributed by atoms with van der Waals surface area (Å²) in [5.41, 5.74) is 0.856. The Bertz CT molecular complexity index is 779. The van der Waals surface area contributed by atoms with Crippen LogP contribution in [0, 0.1) is 0 Å². The number of amides is 3. The molecule has 140 valence electrons. The molecule has 0 saturated carbocycles. The number of ether oxygens (including phenoxy) is 1. The molecule has 3 amide bonds. The molecule has 0 aliphatic carbocycles. The van der Waals surface area contributed by atoms with E-state index in [0.29, 0.717) is 28.8 Å². The molecule has 1 unspecified atom stereocenters. The molecule has 1 atom stereocenters. The number of rotatable bonds is 7. The maximum Gasteiger partial charge on any atom is 0.319 e. The standard InChI is InChI=1S/C16H21ClN6O3/c1-4-23-15(18-9-19-23)10(2)20-16(25)22-13-7-11(5-6-12(13)17)21-14(24)8-26-3/h5-7,9-10H,4,8H2,1-3H3,(H,21,24)(H2,20,22,25). The van der Waals surface area contributed by atoms with Gasteiger partial charge in [-0.1, -0.05) is 11.6 Å². The first kappa shape index (κ1) is 19.7. The number of anilines is 2. The third-order valence-electron chi connectivity index (χ3n) is 3.45. The predicted octanol–water partition coefficient (Wildman–Crippen LogP) is 2.42. The number of aryl methyl sites for hydroxylation is 1. The zero-order valence-electron chi connectivity index (χ0n) is 14.7. The monoisotopic (exact) mass is 380 g/mol. The first-order valence-electron chi connectivity index (χ1n) is 7.98. The Morgan fingerprint density at radius 1 is 1.35 bits per heavy atom. The van der Waals surface area contributed by atoms with Crippen LogP contribution in [0.2, 0.25) is 5.02 Å². The number of urea groups is 1. The number of carbonyl (C=O) groups excluding carboxylic acids is 2. The molecule has 2 rings (SSSR count). The van der Waals surface area contributed by atoms with E-state index in [1.807, 2.05) is 6.92 Å². The number of carbonyl (C=O) groups is 2. The average Bonchev–Trinajstić information content (AvgIpc) is 3.07. The van der Waals surface area contributed by atoms with Crippen molar-refractivity contribution in [2.75, 3.05) is 24.4 Å². The van der Waals surface area contributed by atoms with E-state index in [1.54, 1.807) is 29.8 Å². The van der Waals surface area contributed by atoms with Crippen LogP contribution in [0.1, 0.15) is 25.7 Å². The van der Waals surface area contributed by atoms with Crippen molar-refractivity contribution in [1.29, 1.82) is 0 Å². The van der Waals surface area contributed by atoms with Crippen LogP contribution in [0.15, 0.2) is 24.5 Å². The van der Waals surface area contributed by atoms with Crippen molar-refractivity contribution in [3.05, 3.63) is 35.4 Å². The van der Waals surface area contributed by atoms with E-state index in [1.165, 1.54) is 13.4 Å². The fraction of sp³-hybridized carbons (Fsp3) is 0.375. The van der Waals surface area contributed by atoms with Gasteiger partial charge in [0.05, 0.1) is 16.8 Å². The molecule has 1 heterocycles. The fourth-order valence-corrected chi connectivity index (χ4v) is 2.46. The summed E-state index contributed by atoms with van der Waals surface area (Å²) in [6, 6.07) is 3.97. The summed E-state index contributed by atoms with van der Waals surface area (Å²) in [6.45, 7) is 4.33. The van der Waals surface area contributed by atoms with Gasteiger partial charge in [-0.3, -0.25) is 4.79 Å². The van der Waals surface area contributed by atoms with Gasteiger partial charge in [0.2, 0.25) is 5.91 Å². The Kier molecular flexibility index (Phi) is 6.93. The number of halogens is 1. The third-order valence-corrected chi connectivity index (χ3v) is 3.78. The lowest BCUT2D eigenvalue weighted by Gasteiger charge is -2.16. The molecule has 0 spiro atoms. The van der Waals surface area contributed by atoms with Gasteiger partial charge in [-0.25, -0.2) is 14.5 Å². The molecule has 1 aromatic carbocycles. The van der Waals surface area contributed by atoms with Gasteiger partial charge in [0.1, 0.15) is 18.8 Å². The maximum absolute atomic E-state index is 12.3. The molecular weight excluding hydrogens is 360 g/mol. The minimum atomic E-state index is -0.453. The van der Waals surface area contributed by atoms with Crippen molar-refractivity contribution in [1.82, 2.24) is 20.1 Å². The van der Waals surface area contributed by atoms with Crippen molar-refractivity contribution < 1.29 is 14.3 Å². The molecule has 0 aliphatic heterocycles. The van der Waals surface area contributed by atoms with Crippen molar-refractivity contribution in [3.8, 4) is 0 Å². The van der Waals surface area contributed by atoms with Crippen molar-refractivity contribution in [3.63, 3.8) is 0 Å². The van der Waals surface area contributed by atoms with Gasteiger partial charge in [0, 0.05) is 19.3 Å². The van der Waals surface area contributed by atoms with Crippen LogP contribution in [0.5, 0.6) is 0 Å². The molecule has 0 bridgehead atoms. The van der Waals surface area contributed by atoms with Gasteiger partial charge in [-0.05, 0) is 32.0 Å². The molecule has 3 N–H and O–H groups in total. The zero-order valence-corrected chi connectivity index (χ0v) is 15.5. The van der Waals surface area contributed by atoms with Gasteiger partial charge >= 0.3 is 6.03 Å². The van der Waals surface area contributed by atoms with E-state index < -0.39 is 6.03 Å². The lowest BCUT2D eigenvalue weighted by molar-refractivity contribution is -0.119. The highest BCUT2D eigenvalue weighted by molar-refractivity contribution is 6.33. The Labute approximate surface area is 156 Å². The SMILES string of the molecule is CCn1ncnc1C(C)NC(=O)Nc1cc(NC(=O)COC)ccc1Cl. The van der Waals surface area contributed by atoms with Gasteiger partial charge in [-0.15, -0.1) is 0 Å². The maximum atomic E-state index is 12.3. The van der Waals surface area contributed by atoms with Gasteiger partial charge in [-0.2, -0.15) is 5.10 Å². The summed E-state index contributed by atoms with van der Waals surface area (Å²) >= 11 is 6.12. The average molecular weight is 381 g/mol. The second-order valence-electron chi connectivity index (χ2n) is 5.43. The lowest BCUT2D eigenvalue weighted by atomic mass is 10.2. The summed E-state index contributed by atoms with van der Waals surface area (Å²) < 4.78 is 6.46. The van der Waals surface area contributed by atoms with Crippen molar-refractivity contribution >= 4 is 34.9 Å². The first-order chi connectivity index (χ1) is 12.4. The van der Waals surface area contributed by atoms with Crippen LogP contribution >= 0.6 is 11.6 Å². The summed E-state index contributed by atoms with van der Waals surface area (Å²) in [6.07, 6.45) is 1.44. The van der Waals surface area contributed by atoms with Crippen molar-refractivity contribution in [2.24, 2.45) is 0 Å². The Morgan fingerprint density at radius 2 is 2.12 bits per heavy atom. The first-order valence-corrected chi connectivity index (χ1v) is 8.36. The smallest absolute Gasteiger partial charge is 0.319 e. The minimum Gasteiger partial charge on any atom is -0.375 e. The highest BCUT2D eigenvalue weighted by Crippen LogP contribution is 2.25. The normalized spacial score (nSPS) is 11.7. The molecule has 9 nitrogen and oxygen atoms in total. The number of nitrogens with one attached hydrogen (secondary N) is 3. The van der Waals surface area contributed by atoms with Crippen LogP contribution in [0.25, 0.3) is 0 Å². The molecule has 2 aromatic rings. The van der Waals surface area contributed by atoms with Gasteiger partial charge in [0.25, 0.3) is 0 Å². The number of hydrogen-bond donors (Lipinski definition) is 3. The Morgan fingerprint density at radius 3 is 2.81 bits per heavy atom. The number of benzene rings is 1. The Balaban J connectivity index is 2.02. The summed E-state index contributed by atoms with van der Waals surface area (Å²) in [5, 5.41) is 12.5. The number of nitrogens with zero attached hydrogens (tertiary/aromatic N) is 3. The van der Waals surface area contributed by atoms with Crippen LogP contribution in [-0.4, -0.2) is 40.4 Å². The zero-order chi connectivity index (χ0) is 19.1. The van der Waals surface area contributed by atoms with Crippen LogP contribution in [0.3, 0.4) is 0 Å². The summed E-state index contributed by atoms with van der Waals surface area (Å²) in [5.74, 6) is 0.340. The molecule has 0 radical (unpaired) electrons. The number of hydrogen-bond acceptors (Lipinski definition) is 5. The van der Waals surface area contributed by atoms with Gasteiger partial charge in [0.15, 0.2) is 0 Å². The van der Waals surface area contributed by atoms with Crippen LogP contribution < -0.4 is 16.0 Å². The molecule has 0 saturated heterocycles. The summed E-state index contributed by atoms with van der Waals surface area (Å²) in [7, 11) is 1.43. The highest BCUT2D eigenvalue weighted by atomic mass is 35.5. The topological polar surface area (TPSA) is 110 Å². The van der Waals surface area contributed by atoms with E-state index in [0.717, 1.165) is 0 Å². The molecule has 0 aliphatic rings. The second-order valence-corrected chi connectivity index (χ2v) is 5.84. The van der Waals surface area contributed by atoms with Crippen LogP contribution in [-0.2, 0) is 16.1 Å². The van der Waals surface area contributed by atoms with E-state index in [-0.39, 0.29) is 18.6 Å². The summed E-state index contributed by atoms with van der Waals surface area (Å²) in [4.78, 5) is 28.0. The number of aromatic nitrogens is 3. The molecular formula is C16H21ClN6O3. The Hall–Kier alpha value is -2.65. The van der Waals surface area contributed by atoms with E-state index >= 15 is 0 Å². The second kappa shape index (κ2) is 9.16. The van der Waals surface area contributed by atoms with E-state index in [9.17, 15) is 9.59 Å². The molecule has 0 fully saturated rings. The fourth-order valence-electron chi connectivity index (χ4n) is 2.30. The molecule has 10 heteroatoms. The van der Waals surface area contributed by atoms with E-state index in [4.69, 9.17) is 16.3 Å². The highest BCUT2D eigenvalue weighted by Gasteiger charge is 2.16. The minimum absolute atomic E-state index is 0.0680. The third kappa shape index (κ3) is 5.17. The quantitative estimate of drug-likeness (QED) is 0.683. The van der Waals surface area contributed by atoms with Crippen LogP contribution in [0.4, 0.5) is 16.2 Å². The molecule has 26 heavy (non-hydrogen) atoms.